The minimum absolute atomic E-state index is 0.200. The first-order valence-corrected chi connectivity index (χ1v) is 28.4. The zero-order valence-corrected chi connectivity index (χ0v) is 47.3. The third kappa shape index (κ3) is 15.8. The highest BCUT2D eigenvalue weighted by atomic mass is 16.6. The van der Waals surface area contributed by atoms with Crippen molar-refractivity contribution in [3.8, 4) is 23.0 Å². The van der Waals surface area contributed by atoms with Crippen LogP contribution >= 0.6 is 0 Å². The Labute approximate surface area is 464 Å². The smallest absolute Gasteiger partial charge is 0.414 e. The molecule has 2 amide bonds. The van der Waals surface area contributed by atoms with Crippen molar-refractivity contribution >= 4 is 23.6 Å². The number of benzene rings is 6. The van der Waals surface area contributed by atoms with Gasteiger partial charge in [-0.05, 0) is 131 Å². The molecule has 3 atom stereocenters. The standard InChI is InChI=1S/C58H60N2O9.C5H12.C4H10/c1-57(2,42-11-23-48(24-12-42)63-34-41-5-6-41)43-13-25-49(26-14-43)64-35-52-32-59(55(61)68-52)46-19-7-39(8-20-46)31-40-9-21-47(22-10-40)60-33-53(69-56(60)62)36-65-50-27-15-44(16-28-50)58(3,4)45-17-29-51(30-18-45)66-37-54-38-67-54;1-3-5-4-2;1-3-4-2/h7-30,41,52-54H,5-6,31-38H2,1-4H3;3-5H2,1-2H3;3-4H2,1-2H3. The van der Waals surface area contributed by atoms with Crippen molar-refractivity contribution in [2.75, 3.05) is 55.9 Å². The molecule has 4 fully saturated rings. The fraction of sp³-hybridized carbons (Fsp3) is 0.433. The number of unbranched alkanes of at least 4 members (excludes halogenated alkanes) is 3. The quantitative estimate of drug-likeness (QED) is 0.0580. The van der Waals surface area contributed by atoms with Crippen LogP contribution in [-0.4, -0.2) is 76.6 Å². The van der Waals surface area contributed by atoms with Gasteiger partial charge in [-0.2, -0.15) is 0 Å². The second kappa shape index (κ2) is 27.1. The average Bonchev–Trinajstić information content (AvgIpc) is 4.41. The molecule has 0 N–H and O–H groups in total. The van der Waals surface area contributed by atoms with Crippen LogP contribution in [0.4, 0.5) is 21.0 Å². The summed E-state index contributed by atoms with van der Waals surface area (Å²) in [4.78, 5) is 29.2. The van der Waals surface area contributed by atoms with Crippen molar-refractivity contribution in [2.45, 2.75) is 136 Å². The number of cyclic esters (lactones) is 2. The Hall–Kier alpha value is -6.98. The molecule has 0 radical (unpaired) electrons. The predicted octanol–water partition coefficient (Wildman–Crippen LogP) is 15.3. The molecule has 0 bridgehead atoms. The minimum Gasteiger partial charge on any atom is -0.493 e. The van der Waals surface area contributed by atoms with E-state index in [2.05, 4.69) is 116 Å². The lowest BCUT2D eigenvalue weighted by Gasteiger charge is -2.26. The number of carbonyl (C=O) groups excluding carboxylic acids is 2. The summed E-state index contributed by atoms with van der Waals surface area (Å²) in [6.07, 6.45) is 8.59. The van der Waals surface area contributed by atoms with Gasteiger partial charge in [-0.25, -0.2) is 9.59 Å². The first-order chi connectivity index (χ1) is 37.8. The number of hydrogen-bond acceptors (Lipinski definition) is 9. The third-order valence-electron chi connectivity index (χ3n) is 15.1. The van der Waals surface area contributed by atoms with Gasteiger partial charge in [-0.1, -0.05) is 160 Å². The van der Waals surface area contributed by atoms with Crippen LogP contribution in [0.15, 0.2) is 146 Å². The maximum Gasteiger partial charge on any atom is 0.414 e. The van der Waals surface area contributed by atoms with E-state index in [1.54, 1.807) is 9.80 Å². The molecular weight excluding hydrogens is 977 g/mol. The predicted molar refractivity (Wildman–Crippen MR) is 311 cm³/mol. The van der Waals surface area contributed by atoms with Gasteiger partial charge in [0.2, 0.25) is 0 Å². The normalized spacial score (nSPS) is 17.7. The highest BCUT2D eigenvalue weighted by Crippen LogP contribution is 2.36. The van der Waals surface area contributed by atoms with Crippen molar-refractivity contribution in [1.29, 1.82) is 0 Å². The second-order valence-electron chi connectivity index (χ2n) is 22.1. The Kier molecular flexibility index (Phi) is 19.8. The molecule has 1 aliphatic carbocycles. The van der Waals surface area contributed by atoms with E-state index in [0.717, 1.165) is 64.4 Å². The number of carbonyl (C=O) groups is 2. The number of ether oxygens (including phenoxy) is 7. The Bertz CT molecular complexity index is 2590. The minimum atomic E-state index is -0.406. The van der Waals surface area contributed by atoms with Gasteiger partial charge < -0.3 is 33.2 Å². The van der Waals surface area contributed by atoms with Gasteiger partial charge in [0.15, 0.2) is 12.2 Å². The molecule has 3 saturated heterocycles. The van der Waals surface area contributed by atoms with Gasteiger partial charge in [-0.3, -0.25) is 9.80 Å². The van der Waals surface area contributed by atoms with Crippen molar-refractivity contribution in [3.05, 3.63) is 179 Å². The molecule has 10 rings (SSSR count). The lowest BCUT2D eigenvalue weighted by Crippen LogP contribution is -2.26. The summed E-state index contributed by atoms with van der Waals surface area (Å²) in [7, 11) is 0. The molecule has 414 valence electrons. The zero-order chi connectivity index (χ0) is 55.1. The number of rotatable bonds is 23. The largest absolute Gasteiger partial charge is 0.493 e. The van der Waals surface area contributed by atoms with Gasteiger partial charge in [0.05, 0.1) is 26.3 Å². The summed E-state index contributed by atoms with van der Waals surface area (Å²) in [5, 5.41) is 0. The topological polar surface area (TPSA) is 109 Å². The molecule has 4 aliphatic rings. The lowest BCUT2D eigenvalue weighted by molar-refractivity contribution is 0.104. The van der Waals surface area contributed by atoms with E-state index >= 15 is 0 Å². The molecular formula is C67H82N2O9. The number of nitrogens with zero attached hydrogens (tertiary/aromatic N) is 2. The summed E-state index contributed by atoms with van der Waals surface area (Å²) >= 11 is 0. The Morgan fingerprint density at radius 3 is 1.04 bits per heavy atom. The monoisotopic (exact) mass is 1060 g/mol. The summed E-state index contributed by atoms with van der Waals surface area (Å²) < 4.78 is 40.6. The molecule has 78 heavy (non-hydrogen) atoms. The van der Waals surface area contributed by atoms with E-state index in [9.17, 15) is 9.59 Å². The van der Waals surface area contributed by atoms with Crippen molar-refractivity contribution < 1.29 is 42.7 Å². The van der Waals surface area contributed by atoms with Gasteiger partial charge in [0.1, 0.15) is 48.9 Å². The Balaban J connectivity index is 0.000000828. The Morgan fingerprint density at radius 1 is 0.436 bits per heavy atom. The highest BCUT2D eigenvalue weighted by Gasteiger charge is 2.35. The maximum absolute atomic E-state index is 12.9. The van der Waals surface area contributed by atoms with Gasteiger partial charge in [0, 0.05) is 22.2 Å². The zero-order valence-electron chi connectivity index (χ0n) is 47.3. The van der Waals surface area contributed by atoms with Crippen LogP contribution in [0.3, 0.4) is 0 Å². The van der Waals surface area contributed by atoms with Gasteiger partial charge in [-0.15, -0.1) is 0 Å². The van der Waals surface area contributed by atoms with Crippen LogP contribution in [0.1, 0.15) is 134 Å². The number of hydrogen-bond donors (Lipinski definition) is 0. The summed E-state index contributed by atoms with van der Waals surface area (Å²) in [5.41, 5.74) is 8.02. The van der Waals surface area contributed by atoms with Gasteiger partial charge >= 0.3 is 12.2 Å². The van der Waals surface area contributed by atoms with E-state index in [1.807, 2.05) is 84.9 Å². The third-order valence-corrected chi connectivity index (χ3v) is 15.1. The van der Waals surface area contributed by atoms with E-state index < -0.39 is 18.3 Å². The molecule has 0 aromatic heterocycles. The van der Waals surface area contributed by atoms with Crippen LogP contribution in [-0.2, 0) is 31.5 Å². The van der Waals surface area contributed by atoms with E-state index in [4.69, 9.17) is 33.2 Å². The fourth-order valence-corrected chi connectivity index (χ4v) is 9.25. The van der Waals surface area contributed by atoms with Gasteiger partial charge in [0.25, 0.3) is 0 Å². The first kappa shape index (κ1) is 57.2. The molecule has 3 heterocycles. The summed E-state index contributed by atoms with van der Waals surface area (Å²) in [6.45, 7) is 21.1. The van der Waals surface area contributed by atoms with Crippen molar-refractivity contribution in [1.82, 2.24) is 0 Å². The molecule has 6 aromatic rings. The van der Waals surface area contributed by atoms with Crippen LogP contribution < -0.4 is 28.7 Å². The molecule has 11 heteroatoms. The Morgan fingerprint density at radius 2 is 0.756 bits per heavy atom. The van der Waals surface area contributed by atoms with Crippen molar-refractivity contribution in [2.24, 2.45) is 5.92 Å². The molecule has 11 nitrogen and oxygen atoms in total. The average molecular weight is 1060 g/mol. The lowest BCUT2D eigenvalue weighted by atomic mass is 9.78. The van der Waals surface area contributed by atoms with E-state index in [1.165, 1.54) is 61.6 Å². The number of epoxide rings is 1. The number of anilines is 2. The summed E-state index contributed by atoms with van der Waals surface area (Å²) in [6, 6.07) is 48.8. The molecule has 1 saturated carbocycles. The summed E-state index contributed by atoms with van der Waals surface area (Å²) in [5.74, 6) is 3.92. The van der Waals surface area contributed by atoms with Crippen LogP contribution in [0.5, 0.6) is 23.0 Å². The second-order valence-corrected chi connectivity index (χ2v) is 22.1. The SMILES string of the molecule is CC(C)(c1ccc(OCC2CC2)cc1)c1ccc(OCC2CN(c3ccc(Cc4ccc(N5CC(COc6ccc(C(C)(C)c7ccc(OCC8CO8)cc7)cc6)OC5=O)cc4)cc3)C(=O)O2)cc1.CCCC.CCCCC. The molecule has 3 aliphatic heterocycles. The van der Waals surface area contributed by atoms with Crippen LogP contribution in [0.2, 0.25) is 0 Å². The van der Waals surface area contributed by atoms with Crippen LogP contribution in [0.25, 0.3) is 0 Å². The van der Waals surface area contributed by atoms with Crippen molar-refractivity contribution in [3.63, 3.8) is 0 Å². The number of amides is 2. The van der Waals surface area contributed by atoms with E-state index in [-0.39, 0.29) is 36.2 Å². The molecule has 3 unspecified atom stereocenters. The maximum atomic E-state index is 12.9. The van der Waals surface area contributed by atoms with Crippen LogP contribution in [0, 0.1) is 5.92 Å². The molecule has 6 aromatic carbocycles. The molecule has 0 spiro atoms. The van der Waals surface area contributed by atoms with E-state index in [0.29, 0.717) is 31.9 Å². The first-order valence-electron chi connectivity index (χ1n) is 28.4. The highest BCUT2D eigenvalue weighted by molar-refractivity contribution is 5.90. The fourth-order valence-electron chi connectivity index (χ4n) is 9.25.